The Balaban J connectivity index is 1.87. The second-order valence-corrected chi connectivity index (χ2v) is 5.11. The molecule has 120 valence electrons. The van der Waals surface area contributed by atoms with Crippen molar-refractivity contribution in [2.24, 2.45) is 5.10 Å². The number of furan rings is 1. The number of nitrogens with zero attached hydrogens (tertiary/aromatic N) is 1. The number of rotatable bonds is 4. The van der Waals surface area contributed by atoms with Crippen LogP contribution in [0.2, 0.25) is 10.0 Å². The summed E-state index contributed by atoms with van der Waals surface area (Å²) in [7, 11) is 0. The highest BCUT2D eigenvalue weighted by Crippen LogP contribution is 2.32. The predicted octanol–water partition coefficient (Wildman–Crippen LogP) is 2.06. The molecule has 0 aliphatic carbocycles. The smallest absolute Gasteiger partial charge is 0.329 e. The number of benzene rings is 1. The minimum absolute atomic E-state index is 0.0430. The number of nitrogens with one attached hydrogen (secondary N) is 2. The van der Waals surface area contributed by atoms with E-state index in [1.54, 1.807) is 12.1 Å². The Hall–Kier alpha value is -2.51. The maximum atomic E-state index is 11.5. The zero-order valence-electron chi connectivity index (χ0n) is 11.5. The zero-order valence-corrected chi connectivity index (χ0v) is 13.1. The Bertz CT molecular complexity index is 721. The van der Waals surface area contributed by atoms with Gasteiger partial charge in [0.25, 0.3) is 0 Å². The molecule has 23 heavy (non-hydrogen) atoms. The standard InChI is InChI=1S/C14H11Cl2N3O4/c15-10-4-8(5-11(16)12(10)20)6-18-19-14(22)13(21)17-7-9-2-1-3-23-9/h1-6,20H,7H2,(H,17,21)(H,19,22)/b18-6+. The van der Waals surface area contributed by atoms with Crippen molar-refractivity contribution in [1.29, 1.82) is 0 Å². The number of hydrazone groups is 1. The van der Waals surface area contributed by atoms with Gasteiger partial charge in [0, 0.05) is 0 Å². The van der Waals surface area contributed by atoms with Gasteiger partial charge in [-0.2, -0.15) is 5.10 Å². The summed E-state index contributed by atoms with van der Waals surface area (Å²) in [6.07, 6.45) is 2.69. The summed E-state index contributed by atoms with van der Waals surface area (Å²) in [6, 6.07) is 6.12. The summed E-state index contributed by atoms with van der Waals surface area (Å²) in [4.78, 5) is 23.0. The lowest BCUT2D eigenvalue weighted by Gasteiger charge is -2.02. The number of amides is 2. The van der Waals surface area contributed by atoms with Crippen LogP contribution in [0.15, 0.2) is 40.0 Å². The van der Waals surface area contributed by atoms with Crippen molar-refractivity contribution in [2.75, 3.05) is 0 Å². The molecule has 2 amide bonds. The number of aromatic hydroxyl groups is 1. The summed E-state index contributed by atoms with van der Waals surface area (Å²) >= 11 is 11.5. The van der Waals surface area contributed by atoms with Crippen molar-refractivity contribution in [2.45, 2.75) is 6.54 Å². The quantitative estimate of drug-likeness (QED) is 0.443. The summed E-state index contributed by atoms with van der Waals surface area (Å²) in [5.74, 6) is -1.53. The minimum atomic E-state index is -0.941. The molecule has 0 radical (unpaired) electrons. The molecule has 9 heteroatoms. The normalized spacial score (nSPS) is 10.7. The molecule has 0 spiro atoms. The van der Waals surface area contributed by atoms with Crippen molar-refractivity contribution < 1.29 is 19.1 Å². The van der Waals surface area contributed by atoms with Gasteiger partial charge in [0.1, 0.15) is 5.76 Å². The van der Waals surface area contributed by atoms with Gasteiger partial charge < -0.3 is 14.8 Å². The molecular formula is C14H11Cl2N3O4. The zero-order chi connectivity index (χ0) is 16.8. The fourth-order valence-electron chi connectivity index (χ4n) is 1.54. The number of hydrogen-bond acceptors (Lipinski definition) is 5. The van der Waals surface area contributed by atoms with Crippen molar-refractivity contribution in [3.05, 3.63) is 51.9 Å². The lowest BCUT2D eigenvalue weighted by molar-refractivity contribution is -0.139. The van der Waals surface area contributed by atoms with Crippen LogP contribution in [-0.2, 0) is 16.1 Å². The first-order valence-corrected chi connectivity index (χ1v) is 7.04. The molecule has 0 saturated heterocycles. The second-order valence-electron chi connectivity index (χ2n) is 4.29. The van der Waals surface area contributed by atoms with Crippen LogP contribution in [0.25, 0.3) is 0 Å². The van der Waals surface area contributed by atoms with E-state index in [2.05, 4.69) is 15.8 Å². The maximum Gasteiger partial charge on any atom is 0.329 e. The summed E-state index contributed by atoms with van der Waals surface area (Å²) in [6.45, 7) is 0.0894. The molecular weight excluding hydrogens is 345 g/mol. The summed E-state index contributed by atoms with van der Waals surface area (Å²) < 4.78 is 5.01. The maximum absolute atomic E-state index is 11.5. The van der Waals surface area contributed by atoms with Gasteiger partial charge in [0.2, 0.25) is 0 Å². The van der Waals surface area contributed by atoms with Gasteiger partial charge in [-0.05, 0) is 29.8 Å². The Kier molecular flexibility index (Phi) is 5.61. The third kappa shape index (κ3) is 4.73. The molecule has 0 aliphatic heterocycles. The molecule has 2 aromatic rings. The van der Waals surface area contributed by atoms with Gasteiger partial charge in [-0.1, -0.05) is 23.2 Å². The van der Waals surface area contributed by atoms with Crippen molar-refractivity contribution in [3.8, 4) is 5.75 Å². The monoisotopic (exact) mass is 355 g/mol. The van der Waals surface area contributed by atoms with Crippen LogP contribution in [0.4, 0.5) is 0 Å². The number of hydrogen-bond donors (Lipinski definition) is 3. The highest BCUT2D eigenvalue weighted by atomic mass is 35.5. The molecule has 3 N–H and O–H groups in total. The Morgan fingerprint density at radius 1 is 1.26 bits per heavy atom. The first-order valence-electron chi connectivity index (χ1n) is 6.29. The van der Waals surface area contributed by atoms with E-state index in [-0.39, 0.29) is 22.3 Å². The lowest BCUT2D eigenvalue weighted by atomic mass is 10.2. The van der Waals surface area contributed by atoms with E-state index in [0.717, 1.165) is 0 Å². The van der Waals surface area contributed by atoms with E-state index >= 15 is 0 Å². The predicted molar refractivity (Wildman–Crippen MR) is 84.4 cm³/mol. The van der Waals surface area contributed by atoms with Crippen molar-refractivity contribution in [1.82, 2.24) is 10.7 Å². The van der Waals surface area contributed by atoms with E-state index in [1.165, 1.54) is 24.6 Å². The average Bonchev–Trinajstić information content (AvgIpc) is 3.03. The number of carbonyl (C=O) groups is 2. The minimum Gasteiger partial charge on any atom is -0.505 e. The SMILES string of the molecule is O=C(NCc1ccco1)C(=O)N/N=C/c1cc(Cl)c(O)c(Cl)c1. The number of halogens is 2. The molecule has 0 atom stereocenters. The third-order valence-electron chi connectivity index (χ3n) is 2.63. The van der Waals surface area contributed by atoms with Crippen LogP contribution in [0.1, 0.15) is 11.3 Å². The van der Waals surface area contributed by atoms with E-state index in [9.17, 15) is 14.7 Å². The van der Waals surface area contributed by atoms with Crippen molar-refractivity contribution >= 4 is 41.2 Å². The van der Waals surface area contributed by atoms with Gasteiger partial charge in [-0.15, -0.1) is 0 Å². The highest BCUT2D eigenvalue weighted by Gasteiger charge is 2.12. The number of phenolic OH excluding ortho intramolecular Hbond substituents is 1. The highest BCUT2D eigenvalue weighted by molar-refractivity contribution is 6.37. The topological polar surface area (TPSA) is 104 Å². The van der Waals surface area contributed by atoms with Gasteiger partial charge in [-0.3, -0.25) is 9.59 Å². The summed E-state index contributed by atoms with van der Waals surface area (Å²) in [5.41, 5.74) is 2.49. The fourth-order valence-corrected chi connectivity index (χ4v) is 2.04. The first kappa shape index (κ1) is 16.9. The van der Waals surface area contributed by atoms with Gasteiger partial charge >= 0.3 is 11.8 Å². The molecule has 0 aliphatic rings. The van der Waals surface area contributed by atoms with Gasteiger partial charge in [0.05, 0.1) is 29.1 Å². The largest absolute Gasteiger partial charge is 0.505 e. The van der Waals surface area contributed by atoms with E-state index in [0.29, 0.717) is 11.3 Å². The molecule has 0 bridgehead atoms. The molecule has 2 rings (SSSR count). The van der Waals surface area contributed by atoms with Gasteiger partial charge in [0.15, 0.2) is 5.75 Å². The Morgan fingerprint density at radius 2 is 1.96 bits per heavy atom. The first-order chi connectivity index (χ1) is 11.0. The van der Waals surface area contributed by atoms with Crippen molar-refractivity contribution in [3.63, 3.8) is 0 Å². The summed E-state index contributed by atoms with van der Waals surface area (Å²) in [5, 5.41) is 15.5. The molecule has 0 unspecified atom stereocenters. The molecule has 7 nitrogen and oxygen atoms in total. The Labute approximate surface area is 140 Å². The van der Waals surface area contributed by atoms with Crippen LogP contribution < -0.4 is 10.7 Å². The second kappa shape index (κ2) is 7.66. The number of phenols is 1. The fraction of sp³-hybridized carbons (Fsp3) is 0.0714. The van der Waals surface area contributed by atoms with E-state index in [1.807, 2.05) is 0 Å². The lowest BCUT2D eigenvalue weighted by Crippen LogP contribution is -2.37. The molecule has 1 aromatic heterocycles. The molecule has 1 aromatic carbocycles. The molecule has 0 fully saturated rings. The van der Waals surface area contributed by atoms with Crippen LogP contribution in [0, 0.1) is 0 Å². The van der Waals surface area contributed by atoms with Gasteiger partial charge in [-0.25, -0.2) is 5.43 Å². The Morgan fingerprint density at radius 3 is 2.57 bits per heavy atom. The van der Waals surface area contributed by atoms with Crippen LogP contribution >= 0.6 is 23.2 Å². The molecule has 1 heterocycles. The third-order valence-corrected chi connectivity index (χ3v) is 3.20. The van der Waals surface area contributed by atoms with E-state index < -0.39 is 11.8 Å². The van der Waals surface area contributed by atoms with Crippen LogP contribution in [0.5, 0.6) is 5.75 Å². The molecule has 0 saturated carbocycles. The average molecular weight is 356 g/mol. The van der Waals surface area contributed by atoms with Crippen LogP contribution in [0.3, 0.4) is 0 Å². The number of carbonyl (C=O) groups excluding carboxylic acids is 2. The van der Waals surface area contributed by atoms with Crippen LogP contribution in [-0.4, -0.2) is 23.1 Å². The van der Waals surface area contributed by atoms with E-state index in [4.69, 9.17) is 27.6 Å².